The van der Waals surface area contributed by atoms with Gasteiger partial charge in [0.1, 0.15) is 12.2 Å². The van der Waals surface area contributed by atoms with Gasteiger partial charge in [0.05, 0.1) is 17.4 Å². The topological polar surface area (TPSA) is 112 Å². The van der Waals surface area contributed by atoms with E-state index in [9.17, 15) is 8.42 Å². The van der Waals surface area contributed by atoms with Crippen molar-refractivity contribution in [2.24, 2.45) is 0 Å². The molecule has 8 heteroatoms. The largest absolute Gasteiger partial charge is 0.263 e. The summed E-state index contributed by atoms with van der Waals surface area (Å²) in [4.78, 5) is 3.90. The fourth-order valence-electron chi connectivity index (χ4n) is 1.69. The summed E-state index contributed by atoms with van der Waals surface area (Å²) in [7, 11) is -3.48. The smallest absolute Gasteiger partial charge is 0.215 e. The lowest BCUT2D eigenvalue weighted by molar-refractivity contribution is 0.580. The molecule has 0 radical (unpaired) electrons. The van der Waals surface area contributed by atoms with Crippen molar-refractivity contribution < 1.29 is 8.42 Å². The van der Waals surface area contributed by atoms with E-state index < -0.39 is 10.0 Å². The van der Waals surface area contributed by atoms with E-state index in [1.807, 2.05) is 6.07 Å². The molecule has 1 aromatic heterocycles. The van der Waals surface area contributed by atoms with Gasteiger partial charge < -0.3 is 0 Å². The molecule has 0 spiro atoms. The van der Waals surface area contributed by atoms with Gasteiger partial charge in [-0.1, -0.05) is 18.2 Å². The van der Waals surface area contributed by atoms with E-state index in [-0.39, 0.29) is 12.3 Å². The van der Waals surface area contributed by atoms with Crippen molar-refractivity contribution in [1.82, 2.24) is 19.9 Å². The molecule has 0 atom stereocenters. The maximum Gasteiger partial charge on any atom is 0.215 e. The zero-order chi connectivity index (χ0) is 14.4. The van der Waals surface area contributed by atoms with E-state index in [1.165, 1.54) is 6.33 Å². The maximum absolute atomic E-state index is 11.9. The van der Waals surface area contributed by atoms with Crippen molar-refractivity contribution in [3.05, 3.63) is 47.5 Å². The summed E-state index contributed by atoms with van der Waals surface area (Å²) in [5.74, 6) is 0.401. The molecular weight excluding hydrogens is 278 g/mol. The molecular formula is C12H13N5O2S. The number of hydrogen-bond donors (Lipinski definition) is 2. The van der Waals surface area contributed by atoms with Gasteiger partial charge in [0.2, 0.25) is 10.0 Å². The molecule has 2 aromatic rings. The van der Waals surface area contributed by atoms with Gasteiger partial charge in [-0.25, -0.2) is 18.1 Å². The lowest BCUT2D eigenvalue weighted by atomic mass is 10.1. The number of rotatable bonds is 6. The first-order chi connectivity index (χ1) is 9.61. The van der Waals surface area contributed by atoms with Crippen LogP contribution in [0.2, 0.25) is 0 Å². The minimum atomic E-state index is -3.48. The van der Waals surface area contributed by atoms with Crippen molar-refractivity contribution in [3.8, 4) is 6.07 Å². The molecule has 2 rings (SSSR count). The average Bonchev–Trinajstić information content (AvgIpc) is 2.92. The maximum atomic E-state index is 11.9. The minimum Gasteiger partial charge on any atom is -0.263 e. The Balaban J connectivity index is 1.95. The second-order valence-electron chi connectivity index (χ2n) is 4.10. The Morgan fingerprint density at radius 3 is 2.85 bits per heavy atom. The Morgan fingerprint density at radius 2 is 2.15 bits per heavy atom. The third-order valence-corrected chi connectivity index (χ3v) is 3.97. The van der Waals surface area contributed by atoms with Crippen LogP contribution in [0.5, 0.6) is 0 Å². The summed E-state index contributed by atoms with van der Waals surface area (Å²) < 4.78 is 26.3. The number of aromatic nitrogens is 3. The van der Waals surface area contributed by atoms with Gasteiger partial charge in [-0.05, 0) is 11.6 Å². The van der Waals surface area contributed by atoms with Crippen LogP contribution in [0.25, 0.3) is 0 Å². The van der Waals surface area contributed by atoms with Crippen molar-refractivity contribution in [2.45, 2.75) is 12.2 Å². The predicted octanol–water partition coefficient (Wildman–Crippen LogP) is 0.338. The lowest BCUT2D eigenvalue weighted by Crippen LogP contribution is -2.27. The van der Waals surface area contributed by atoms with E-state index in [0.717, 1.165) is 0 Å². The third kappa shape index (κ3) is 3.88. The highest BCUT2D eigenvalue weighted by molar-refractivity contribution is 7.88. The van der Waals surface area contributed by atoms with Crippen LogP contribution in [0.4, 0.5) is 0 Å². The molecule has 0 bridgehead atoms. The van der Waals surface area contributed by atoms with Crippen molar-refractivity contribution in [3.63, 3.8) is 0 Å². The molecule has 0 unspecified atom stereocenters. The lowest BCUT2D eigenvalue weighted by Gasteiger charge is -2.07. The number of nitriles is 1. The highest BCUT2D eigenvalue weighted by Gasteiger charge is 2.13. The third-order valence-electron chi connectivity index (χ3n) is 2.63. The summed E-state index contributed by atoms with van der Waals surface area (Å²) >= 11 is 0. The molecule has 0 saturated carbocycles. The average molecular weight is 291 g/mol. The van der Waals surface area contributed by atoms with Gasteiger partial charge in [-0.2, -0.15) is 10.4 Å². The molecule has 1 heterocycles. The normalized spacial score (nSPS) is 11.2. The first kappa shape index (κ1) is 14.2. The fourth-order valence-corrected chi connectivity index (χ4v) is 2.86. The van der Waals surface area contributed by atoms with Gasteiger partial charge >= 0.3 is 0 Å². The van der Waals surface area contributed by atoms with E-state index in [2.05, 4.69) is 19.9 Å². The van der Waals surface area contributed by atoms with E-state index in [4.69, 9.17) is 5.26 Å². The zero-order valence-electron chi connectivity index (χ0n) is 10.6. The highest BCUT2D eigenvalue weighted by Crippen LogP contribution is 2.10. The Labute approximate surface area is 116 Å². The van der Waals surface area contributed by atoms with Crippen LogP contribution in [-0.4, -0.2) is 30.1 Å². The fraction of sp³-hybridized carbons (Fsp3) is 0.250. The molecule has 0 amide bonds. The van der Waals surface area contributed by atoms with Crippen molar-refractivity contribution in [2.75, 3.05) is 6.54 Å². The molecule has 0 aliphatic carbocycles. The zero-order valence-corrected chi connectivity index (χ0v) is 11.4. The number of benzene rings is 1. The molecule has 2 N–H and O–H groups in total. The number of sulfonamides is 1. The second kappa shape index (κ2) is 6.27. The molecule has 104 valence electrons. The number of nitrogens with zero attached hydrogens (tertiary/aromatic N) is 3. The summed E-state index contributed by atoms with van der Waals surface area (Å²) in [6, 6.07) is 8.62. The van der Waals surface area contributed by atoms with Crippen molar-refractivity contribution in [1.29, 1.82) is 5.26 Å². The Bertz CT molecular complexity index is 704. The van der Waals surface area contributed by atoms with Crippen LogP contribution in [0.3, 0.4) is 0 Å². The molecule has 0 aliphatic rings. The molecule has 0 fully saturated rings. The second-order valence-corrected chi connectivity index (χ2v) is 5.91. The SMILES string of the molecule is N#Cc1ccccc1CS(=O)(=O)NCCc1ncn[nH]1. The van der Waals surface area contributed by atoms with E-state index in [0.29, 0.717) is 23.4 Å². The standard InChI is InChI=1S/C12H13N5O2S/c13-7-10-3-1-2-4-11(10)8-20(18,19)16-6-5-12-14-9-15-17-12/h1-4,9,16H,5-6,8H2,(H,14,15,17). The first-order valence-corrected chi connectivity index (χ1v) is 7.55. The minimum absolute atomic E-state index is 0.215. The van der Waals surface area contributed by atoms with Gasteiger partial charge in [0.25, 0.3) is 0 Å². The predicted molar refractivity (Wildman–Crippen MR) is 71.9 cm³/mol. The monoisotopic (exact) mass is 291 g/mol. The van der Waals surface area contributed by atoms with Crippen LogP contribution in [0, 0.1) is 11.3 Å². The number of aromatic amines is 1. The first-order valence-electron chi connectivity index (χ1n) is 5.90. The highest BCUT2D eigenvalue weighted by atomic mass is 32.2. The van der Waals surface area contributed by atoms with Gasteiger partial charge in [-0.3, -0.25) is 5.10 Å². The quantitative estimate of drug-likeness (QED) is 0.797. The van der Waals surface area contributed by atoms with Crippen LogP contribution in [-0.2, 0) is 22.2 Å². The molecule has 0 aliphatic heterocycles. The Morgan fingerprint density at radius 1 is 1.35 bits per heavy atom. The van der Waals surface area contributed by atoms with Crippen LogP contribution < -0.4 is 4.72 Å². The van der Waals surface area contributed by atoms with E-state index >= 15 is 0 Å². The molecule has 20 heavy (non-hydrogen) atoms. The number of hydrogen-bond acceptors (Lipinski definition) is 5. The summed E-state index contributed by atoms with van der Waals surface area (Å²) in [6.45, 7) is 0.228. The van der Waals surface area contributed by atoms with Gasteiger partial charge in [0.15, 0.2) is 0 Å². The molecule has 7 nitrogen and oxygen atoms in total. The van der Waals surface area contributed by atoms with Crippen LogP contribution in [0.1, 0.15) is 17.0 Å². The van der Waals surface area contributed by atoms with Crippen LogP contribution in [0.15, 0.2) is 30.6 Å². The summed E-state index contributed by atoms with van der Waals surface area (Å²) in [5.41, 5.74) is 0.857. The Kier molecular flexibility index (Phi) is 4.45. The summed E-state index contributed by atoms with van der Waals surface area (Å²) in [5, 5.41) is 15.3. The van der Waals surface area contributed by atoms with Crippen molar-refractivity contribution >= 4 is 10.0 Å². The Hall–Kier alpha value is -2.24. The van der Waals surface area contributed by atoms with Gasteiger partial charge in [0, 0.05) is 13.0 Å². The van der Waals surface area contributed by atoms with Crippen LogP contribution >= 0.6 is 0 Å². The summed E-state index contributed by atoms with van der Waals surface area (Å²) in [6.07, 6.45) is 1.80. The molecule has 1 aromatic carbocycles. The van der Waals surface area contributed by atoms with Gasteiger partial charge in [-0.15, -0.1) is 0 Å². The van der Waals surface area contributed by atoms with E-state index in [1.54, 1.807) is 24.3 Å². The number of nitrogens with one attached hydrogen (secondary N) is 2. The number of H-pyrrole nitrogens is 1. The molecule has 0 saturated heterocycles.